The molecule has 0 aliphatic rings. The summed E-state index contributed by atoms with van der Waals surface area (Å²) in [4.78, 5) is 4.84. The van der Waals surface area contributed by atoms with Crippen LogP contribution in [0.4, 0.5) is 42.9 Å². The molecule has 76 heavy (non-hydrogen) atoms. The summed E-state index contributed by atoms with van der Waals surface area (Å²) >= 11 is 0. The van der Waals surface area contributed by atoms with Gasteiger partial charge in [-0.05, 0) is 162 Å². The standard InChI is InChI=1S/C72H46F2N2/c73-59-33-25-49(26-34-59)57-41-55(47-13-3-1-4-14-47)43-61(45-57)75(67-23-11-19-51-17-7-9-21-63(51)67)69-39-31-53-30-38-66-70(40-32-54-29-37-65(69)71(53)72(54)66)76(68-24-12-20-52-18-8-10-22-64(52)68)62-44-56(48-15-5-2-6-16-48)42-58(46-62)50-27-35-60(74)36-28-50/h1-46H. The van der Waals surface area contributed by atoms with Gasteiger partial charge in [-0.2, -0.15) is 0 Å². The van der Waals surface area contributed by atoms with Crippen molar-refractivity contribution in [2.24, 2.45) is 0 Å². The maximum atomic E-state index is 14.5. The fourth-order valence-electron chi connectivity index (χ4n) is 11.5. The largest absolute Gasteiger partial charge is 0.309 e. The van der Waals surface area contributed by atoms with E-state index in [1.54, 1.807) is 0 Å². The third kappa shape index (κ3) is 7.87. The van der Waals surface area contributed by atoms with Crippen molar-refractivity contribution in [2.75, 3.05) is 9.80 Å². The van der Waals surface area contributed by atoms with Gasteiger partial charge in [0.05, 0.1) is 22.7 Å². The number of anilines is 6. The molecular weight excluding hydrogens is 931 g/mol. The highest BCUT2D eigenvalue weighted by atomic mass is 19.1. The monoisotopic (exact) mass is 976 g/mol. The normalized spacial score (nSPS) is 11.6. The number of hydrogen-bond acceptors (Lipinski definition) is 2. The first-order chi connectivity index (χ1) is 37.5. The van der Waals surface area contributed by atoms with Crippen molar-refractivity contribution < 1.29 is 8.78 Å². The van der Waals surface area contributed by atoms with Crippen molar-refractivity contribution in [2.45, 2.75) is 0 Å². The molecule has 358 valence electrons. The Bertz CT molecular complexity index is 4180. The fraction of sp³-hybridized carbons (Fsp3) is 0. The lowest BCUT2D eigenvalue weighted by Crippen LogP contribution is -2.12. The molecule has 0 unspecified atom stereocenters. The van der Waals surface area contributed by atoms with E-state index in [-0.39, 0.29) is 11.6 Å². The highest BCUT2D eigenvalue weighted by molar-refractivity contribution is 6.28. The molecule has 0 fully saturated rings. The molecule has 0 N–H and O–H groups in total. The number of hydrogen-bond donors (Lipinski definition) is 0. The predicted octanol–water partition coefficient (Wildman–Crippen LogP) is 20.8. The molecule has 14 rings (SSSR count). The summed E-state index contributed by atoms with van der Waals surface area (Å²) in [7, 11) is 0. The molecule has 0 aromatic heterocycles. The van der Waals surface area contributed by atoms with Crippen LogP contribution in [0.2, 0.25) is 0 Å². The molecule has 14 aromatic rings. The Morgan fingerprint density at radius 2 is 0.539 bits per heavy atom. The summed E-state index contributed by atoms with van der Waals surface area (Å²) in [6, 6.07) is 96.5. The molecule has 0 aliphatic carbocycles. The van der Waals surface area contributed by atoms with Crippen molar-refractivity contribution in [1.82, 2.24) is 0 Å². The van der Waals surface area contributed by atoms with Crippen LogP contribution < -0.4 is 9.80 Å². The molecule has 0 bridgehead atoms. The molecule has 0 atom stereocenters. The Hall–Kier alpha value is -9.90. The average molecular weight is 977 g/mol. The van der Waals surface area contributed by atoms with Gasteiger partial charge in [-0.3, -0.25) is 0 Å². The van der Waals surface area contributed by atoms with Gasteiger partial charge in [-0.15, -0.1) is 0 Å². The topological polar surface area (TPSA) is 6.48 Å². The first kappa shape index (κ1) is 44.8. The number of fused-ring (bicyclic) bond motifs is 2. The minimum atomic E-state index is -0.270. The van der Waals surface area contributed by atoms with Gasteiger partial charge in [-0.1, -0.05) is 194 Å². The third-order valence-electron chi connectivity index (χ3n) is 15.0. The van der Waals surface area contributed by atoms with Crippen molar-refractivity contribution in [1.29, 1.82) is 0 Å². The van der Waals surface area contributed by atoms with E-state index in [9.17, 15) is 8.78 Å². The van der Waals surface area contributed by atoms with Gasteiger partial charge >= 0.3 is 0 Å². The Labute approximate surface area is 439 Å². The third-order valence-corrected chi connectivity index (χ3v) is 15.0. The molecule has 2 nitrogen and oxygen atoms in total. The Morgan fingerprint density at radius 1 is 0.211 bits per heavy atom. The molecule has 4 heteroatoms. The van der Waals surface area contributed by atoms with Crippen LogP contribution in [0, 0.1) is 11.6 Å². The SMILES string of the molecule is Fc1ccc(-c2cc(-c3ccccc3)cc(N(c3cccc4ccccc34)c3ccc4ccc5c(N(c6cc(-c7ccccc7)cc(-c7ccc(F)cc7)c6)c6cccc7ccccc67)ccc6ccc3c4c65)c2)cc1. The van der Waals surface area contributed by atoms with E-state index in [0.717, 1.165) is 122 Å². The molecular formula is C72H46F2N2. The van der Waals surface area contributed by atoms with Crippen LogP contribution in [-0.4, -0.2) is 0 Å². The van der Waals surface area contributed by atoms with E-state index in [0.29, 0.717) is 0 Å². The molecule has 0 aliphatic heterocycles. The Kier molecular flexibility index (Phi) is 10.9. The maximum absolute atomic E-state index is 14.5. The lowest BCUT2D eigenvalue weighted by Gasteiger charge is -2.31. The lowest BCUT2D eigenvalue weighted by atomic mass is 9.91. The summed E-state index contributed by atoms with van der Waals surface area (Å²) in [6.45, 7) is 0. The number of nitrogens with zero attached hydrogens (tertiary/aromatic N) is 2. The van der Waals surface area contributed by atoms with Crippen LogP contribution in [0.3, 0.4) is 0 Å². The molecule has 0 saturated carbocycles. The summed E-state index contributed by atoms with van der Waals surface area (Å²) in [5.41, 5.74) is 14.2. The molecule has 0 heterocycles. The van der Waals surface area contributed by atoms with Crippen molar-refractivity contribution in [3.63, 3.8) is 0 Å². The van der Waals surface area contributed by atoms with E-state index in [1.165, 1.54) is 35.0 Å². The highest BCUT2D eigenvalue weighted by Gasteiger charge is 2.25. The second kappa shape index (κ2) is 18.5. The number of benzene rings is 14. The van der Waals surface area contributed by atoms with Crippen LogP contribution in [0.25, 0.3) is 98.4 Å². The Balaban J connectivity index is 1.04. The first-order valence-corrected chi connectivity index (χ1v) is 25.7. The van der Waals surface area contributed by atoms with Crippen LogP contribution in [-0.2, 0) is 0 Å². The summed E-state index contributed by atoms with van der Waals surface area (Å²) in [5.74, 6) is -0.541. The zero-order chi connectivity index (χ0) is 50.7. The first-order valence-electron chi connectivity index (χ1n) is 25.7. The van der Waals surface area contributed by atoms with Gasteiger partial charge in [0.25, 0.3) is 0 Å². The van der Waals surface area contributed by atoms with Gasteiger partial charge in [0, 0.05) is 32.9 Å². The quantitative estimate of drug-likeness (QED) is 0.126. The van der Waals surface area contributed by atoms with E-state index in [1.807, 2.05) is 36.4 Å². The second-order valence-electron chi connectivity index (χ2n) is 19.5. The molecule has 14 aromatic carbocycles. The Morgan fingerprint density at radius 3 is 0.947 bits per heavy atom. The second-order valence-corrected chi connectivity index (χ2v) is 19.5. The number of halogens is 2. The zero-order valence-corrected chi connectivity index (χ0v) is 41.2. The minimum absolute atomic E-state index is 0.270. The summed E-state index contributed by atoms with van der Waals surface area (Å²) < 4.78 is 29.0. The fourth-order valence-corrected chi connectivity index (χ4v) is 11.5. The van der Waals surface area contributed by atoms with Crippen LogP contribution in [0.1, 0.15) is 0 Å². The highest BCUT2D eigenvalue weighted by Crippen LogP contribution is 2.51. The van der Waals surface area contributed by atoms with Crippen LogP contribution >= 0.6 is 0 Å². The van der Waals surface area contributed by atoms with Crippen LogP contribution in [0.15, 0.2) is 279 Å². The number of rotatable bonds is 10. The van der Waals surface area contributed by atoms with Gasteiger partial charge in [-0.25, -0.2) is 8.78 Å². The van der Waals surface area contributed by atoms with E-state index >= 15 is 0 Å². The molecule has 0 radical (unpaired) electrons. The zero-order valence-electron chi connectivity index (χ0n) is 41.2. The van der Waals surface area contributed by atoms with Crippen molar-refractivity contribution >= 4 is 88.0 Å². The van der Waals surface area contributed by atoms with E-state index < -0.39 is 0 Å². The summed E-state index contributed by atoms with van der Waals surface area (Å²) in [5, 5.41) is 11.3. The molecule has 0 saturated heterocycles. The van der Waals surface area contributed by atoms with Gasteiger partial charge in [0.1, 0.15) is 11.6 Å². The van der Waals surface area contributed by atoms with Gasteiger partial charge in [0.2, 0.25) is 0 Å². The molecule has 0 spiro atoms. The maximum Gasteiger partial charge on any atom is 0.123 e. The van der Waals surface area contributed by atoms with Gasteiger partial charge in [0.15, 0.2) is 0 Å². The lowest BCUT2D eigenvalue weighted by molar-refractivity contribution is 0.627. The summed E-state index contributed by atoms with van der Waals surface area (Å²) in [6.07, 6.45) is 0. The minimum Gasteiger partial charge on any atom is -0.309 e. The van der Waals surface area contributed by atoms with Gasteiger partial charge < -0.3 is 9.80 Å². The average Bonchev–Trinajstić information content (AvgIpc) is 3.64. The predicted molar refractivity (Wildman–Crippen MR) is 316 cm³/mol. The molecule has 0 amide bonds. The van der Waals surface area contributed by atoms with Crippen molar-refractivity contribution in [3.8, 4) is 44.5 Å². The van der Waals surface area contributed by atoms with E-state index in [2.05, 4.69) is 228 Å². The smallest absolute Gasteiger partial charge is 0.123 e. The van der Waals surface area contributed by atoms with E-state index in [4.69, 9.17) is 0 Å². The van der Waals surface area contributed by atoms with Crippen molar-refractivity contribution in [3.05, 3.63) is 291 Å². The van der Waals surface area contributed by atoms with Crippen LogP contribution in [0.5, 0.6) is 0 Å².